The molecule has 0 aliphatic rings. The molecule has 0 atom stereocenters. The number of amides is 2. The summed E-state index contributed by atoms with van der Waals surface area (Å²) in [4.78, 5) is 16.4. The monoisotopic (exact) mass is 285 g/mol. The van der Waals surface area contributed by atoms with Crippen molar-refractivity contribution in [2.45, 2.75) is 45.6 Å². The Bertz CT molecular complexity index is 607. The average molecular weight is 285 g/mol. The van der Waals surface area contributed by atoms with E-state index in [1.807, 2.05) is 24.3 Å². The minimum atomic E-state index is -0.148. The van der Waals surface area contributed by atoms with Crippen LogP contribution in [0.4, 0.5) is 10.5 Å². The highest BCUT2D eigenvalue weighted by atomic mass is 16.2. The maximum Gasteiger partial charge on any atom is 0.319 e. The van der Waals surface area contributed by atoms with Gasteiger partial charge in [0.25, 0.3) is 0 Å². The number of hydrogen-bond acceptors (Lipinski definition) is 2. The van der Waals surface area contributed by atoms with Crippen LogP contribution in [0, 0.1) is 0 Å². The van der Waals surface area contributed by atoms with Gasteiger partial charge in [-0.2, -0.15) is 0 Å². The molecule has 0 radical (unpaired) electrons. The topological polar surface area (TPSA) is 54.0 Å². The lowest BCUT2D eigenvalue weighted by Gasteiger charge is -2.31. The first-order valence-electron chi connectivity index (χ1n) is 7.56. The predicted molar refractivity (Wildman–Crippen MR) is 87.5 cm³/mol. The summed E-state index contributed by atoms with van der Waals surface area (Å²) in [7, 11) is 0. The number of carbonyl (C=O) groups is 1. The Labute approximate surface area is 126 Å². The van der Waals surface area contributed by atoms with E-state index in [1.165, 1.54) is 0 Å². The fraction of sp³-hybridized carbons (Fsp3) is 0.412. The molecule has 0 spiro atoms. The molecule has 21 heavy (non-hydrogen) atoms. The van der Waals surface area contributed by atoms with Crippen molar-refractivity contribution in [3.8, 4) is 0 Å². The van der Waals surface area contributed by atoms with Crippen molar-refractivity contribution >= 4 is 22.5 Å². The number of pyridine rings is 1. The van der Waals surface area contributed by atoms with Crippen molar-refractivity contribution in [3.05, 3.63) is 36.7 Å². The van der Waals surface area contributed by atoms with E-state index >= 15 is 0 Å². The van der Waals surface area contributed by atoms with Crippen LogP contribution in [-0.2, 0) is 0 Å². The largest absolute Gasteiger partial charge is 0.332 e. The molecule has 0 aliphatic heterocycles. The fourth-order valence-corrected chi connectivity index (χ4v) is 2.64. The molecule has 112 valence electrons. The summed E-state index contributed by atoms with van der Waals surface area (Å²) in [6.45, 7) is 6.32. The van der Waals surface area contributed by atoms with Gasteiger partial charge in [-0.25, -0.2) is 4.79 Å². The number of hydrogen-bond donors (Lipinski definition) is 2. The summed E-state index contributed by atoms with van der Waals surface area (Å²) in [5.41, 5.74) is 0.681. The van der Waals surface area contributed by atoms with Gasteiger partial charge in [-0.05, 0) is 31.4 Å². The summed E-state index contributed by atoms with van der Waals surface area (Å²) in [6, 6.07) is 7.59. The molecule has 0 fully saturated rings. The molecule has 4 nitrogen and oxygen atoms in total. The Balaban J connectivity index is 2.19. The highest BCUT2D eigenvalue weighted by Crippen LogP contribution is 2.23. The van der Waals surface area contributed by atoms with Crippen molar-refractivity contribution in [2.24, 2.45) is 0 Å². The molecule has 0 unspecified atom stereocenters. The van der Waals surface area contributed by atoms with Gasteiger partial charge >= 0.3 is 6.03 Å². The van der Waals surface area contributed by atoms with Gasteiger partial charge in [0.05, 0.1) is 5.69 Å². The number of rotatable bonds is 5. The lowest BCUT2D eigenvalue weighted by molar-refractivity contribution is 0.229. The molecule has 2 rings (SSSR count). The quantitative estimate of drug-likeness (QED) is 0.859. The predicted octanol–water partition coefficient (Wildman–Crippen LogP) is 4.33. The van der Waals surface area contributed by atoms with Crippen LogP contribution in [0.2, 0.25) is 0 Å². The second-order valence-corrected chi connectivity index (χ2v) is 5.32. The first-order valence-corrected chi connectivity index (χ1v) is 7.56. The summed E-state index contributed by atoms with van der Waals surface area (Å²) in [5, 5.41) is 8.11. The molecular weight excluding hydrogens is 262 g/mol. The van der Waals surface area contributed by atoms with E-state index in [-0.39, 0.29) is 11.6 Å². The van der Waals surface area contributed by atoms with Crippen molar-refractivity contribution in [1.82, 2.24) is 10.3 Å². The first-order chi connectivity index (χ1) is 10.1. The van der Waals surface area contributed by atoms with E-state index in [0.717, 1.165) is 35.7 Å². The van der Waals surface area contributed by atoms with Gasteiger partial charge < -0.3 is 10.6 Å². The number of benzene rings is 1. The van der Waals surface area contributed by atoms with Crippen molar-refractivity contribution in [3.63, 3.8) is 0 Å². The van der Waals surface area contributed by atoms with E-state index in [2.05, 4.69) is 36.4 Å². The van der Waals surface area contributed by atoms with Gasteiger partial charge in [-0.1, -0.05) is 32.9 Å². The molecule has 1 aromatic heterocycles. The van der Waals surface area contributed by atoms with Gasteiger partial charge in [-0.15, -0.1) is 0 Å². The van der Waals surface area contributed by atoms with Gasteiger partial charge in [0.2, 0.25) is 0 Å². The highest BCUT2D eigenvalue weighted by molar-refractivity contribution is 6.01. The lowest BCUT2D eigenvalue weighted by Crippen LogP contribution is -2.48. The number of carbonyl (C=O) groups excluding carboxylic acids is 1. The molecule has 0 bridgehead atoms. The third kappa shape index (κ3) is 3.32. The highest BCUT2D eigenvalue weighted by Gasteiger charge is 2.25. The van der Waals surface area contributed by atoms with Crippen LogP contribution in [0.5, 0.6) is 0 Å². The standard InChI is InChI=1S/C17H23N3O/c1-4-17(5-2,6-3)20-16(21)19-15-9-7-8-13-12-18-11-10-14(13)15/h7-12H,4-6H2,1-3H3,(H2,19,20,21). The molecule has 0 saturated heterocycles. The second kappa shape index (κ2) is 6.57. The zero-order valence-electron chi connectivity index (χ0n) is 12.9. The minimum Gasteiger partial charge on any atom is -0.332 e. The third-order valence-corrected chi connectivity index (χ3v) is 4.34. The summed E-state index contributed by atoms with van der Waals surface area (Å²) in [6.07, 6.45) is 6.30. The Kier molecular flexibility index (Phi) is 4.78. The number of nitrogens with one attached hydrogen (secondary N) is 2. The van der Waals surface area contributed by atoms with Crippen LogP contribution in [0.15, 0.2) is 36.7 Å². The SMILES string of the molecule is CCC(CC)(CC)NC(=O)Nc1cccc2cnccc12. The van der Waals surface area contributed by atoms with Crippen LogP contribution in [0.25, 0.3) is 10.8 Å². The summed E-state index contributed by atoms with van der Waals surface area (Å²) < 4.78 is 0. The Morgan fingerprint density at radius 3 is 2.52 bits per heavy atom. The minimum absolute atomic E-state index is 0.129. The normalized spacial score (nSPS) is 11.4. The molecule has 2 N–H and O–H groups in total. The van der Waals surface area contributed by atoms with Crippen LogP contribution < -0.4 is 10.6 Å². The summed E-state index contributed by atoms with van der Waals surface area (Å²) in [5.74, 6) is 0. The molecule has 1 aromatic carbocycles. The Morgan fingerprint density at radius 1 is 1.14 bits per heavy atom. The van der Waals surface area contributed by atoms with E-state index < -0.39 is 0 Å². The van der Waals surface area contributed by atoms with Crippen molar-refractivity contribution in [2.75, 3.05) is 5.32 Å². The van der Waals surface area contributed by atoms with Crippen molar-refractivity contribution < 1.29 is 4.79 Å². The average Bonchev–Trinajstić information content (AvgIpc) is 2.53. The maximum absolute atomic E-state index is 12.3. The lowest BCUT2D eigenvalue weighted by atomic mass is 9.90. The second-order valence-electron chi connectivity index (χ2n) is 5.32. The van der Waals surface area contributed by atoms with Crippen molar-refractivity contribution in [1.29, 1.82) is 0 Å². The zero-order valence-corrected chi connectivity index (χ0v) is 12.9. The fourth-order valence-electron chi connectivity index (χ4n) is 2.64. The first kappa shape index (κ1) is 15.3. The number of fused-ring (bicyclic) bond motifs is 1. The Morgan fingerprint density at radius 2 is 1.86 bits per heavy atom. The van der Waals surface area contributed by atoms with Gasteiger partial charge in [0.1, 0.15) is 0 Å². The molecule has 2 amide bonds. The number of urea groups is 1. The maximum atomic E-state index is 12.3. The Hall–Kier alpha value is -2.10. The van der Waals surface area contributed by atoms with Crippen LogP contribution >= 0.6 is 0 Å². The van der Waals surface area contributed by atoms with Gasteiger partial charge in [0, 0.05) is 28.7 Å². The zero-order chi connectivity index (χ0) is 15.3. The molecule has 0 saturated carbocycles. The van der Waals surface area contributed by atoms with Crippen LogP contribution in [0.3, 0.4) is 0 Å². The van der Waals surface area contributed by atoms with Crippen LogP contribution in [0.1, 0.15) is 40.0 Å². The molecule has 0 aliphatic carbocycles. The van der Waals surface area contributed by atoms with E-state index in [4.69, 9.17) is 0 Å². The number of anilines is 1. The van der Waals surface area contributed by atoms with Gasteiger partial charge in [0.15, 0.2) is 0 Å². The van der Waals surface area contributed by atoms with Crippen LogP contribution in [-0.4, -0.2) is 16.6 Å². The number of aromatic nitrogens is 1. The van der Waals surface area contributed by atoms with E-state index in [1.54, 1.807) is 12.4 Å². The molecule has 1 heterocycles. The smallest absolute Gasteiger partial charge is 0.319 e. The van der Waals surface area contributed by atoms with E-state index in [0.29, 0.717) is 0 Å². The number of nitrogens with zero attached hydrogens (tertiary/aromatic N) is 1. The molecular formula is C17H23N3O. The molecule has 2 aromatic rings. The molecule has 4 heteroatoms. The van der Waals surface area contributed by atoms with Gasteiger partial charge in [-0.3, -0.25) is 4.98 Å². The third-order valence-electron chi connectivity index (χ3n) is 4.34. The summed E-state index contributed by atoms with van der Waals surface area (Å²) >= 11 is 0. The van der Waals surface area contributed by atoms with E-state index in [9.17, 15) is 4.79 Å².